The number of aromatic nitrogens is 4. The Morgan fingerprint density at radius 2 is 1.05 bits per heavy atom. The first-order chi connectivity index (χ1) is 38.4. The Kier molecular flexibility index (Phi) is 17.9. The Morgan fingerprint density at radius 1 is 0.519 bits per heavy atom. The topological polar surface area (TPSA) is 202 Å². The van der Waals surface area contributed by atoms with Gasteiger partial charge in [-0.3, -0.25) is 19.6 Å². The summed E-state index contributed by atoms with van der Waals surface area (Å²) in [6.45, 7) is 13.0. The molecule has 3 aromatic heterocycles. The molecule has 14 nitrogen and oxygen atoms in total. The van der Waals surface area contributed by atoms with E-state index in [0.717, 1.165) is 166 Å². The highest BCUT2D eigenvalue weighted by atomic mass is 16.2. The second-order valence-corrected chi connectivity index (χ2v) is 20.4. The van der Waals surface area contributed by atoms with Gasteiger partial charge in [-0.2, -0.15) is 0 Å². The number of carbonyl (C=O) groups is 2. The largest absolute Gasteiger partial charge is 0.399 e. The smallest absolute Gasteiger partial charge is 0.252 e. The summed E-state index contributed by atoms with van der Waals surface area (Å²) in [7, 11) is 0. The number of hydrogen-bond donors (Lipinski definition) is 6. The van der Waals surface area contributed by atoms with E-state index in [4.69, 9.17) is 26.4 Å². The van der Waals surface area contributed by atoms with Crippen molar-refractivity contribution in [1.29, 1.82) is 0 Å². The molecule has 8 aromatic rings. The summed E-state index contributed by atoms with van der Waals surface area (Å²) >= 11 is 0. The summed E-state index contributed by atoms with van der Waals surface area (Å²) in [6, 6.07) is 39.8. The molecule has 0 unspecified atom stereocenters. The molecule has 5 aromatic carbocycles. The van der Waals surface area contributed by atoms with Crippen molar-refractivity contribution in [2.45, 2.75) is 86.0 Å². The first-order valence-electron chi connectivity index (χ1n) is 27.5. The number of unbranched alkanes of at least 4 members (excludes halogenated alkanes) is 6. The van der Waals surface area contributed by atoms with E-state index >= 15 is 0 Å². The lowest BCUT2D eigenvalue weighted by Crippen LogP contribution is -2.33. The van der Waals surface area contributed by atoms with Crippen LogP contribution in [0.5, 0.6) is 0 Å². The van der Waals surface area contributed by atoms with Crippen LogP contribution in [-0.4, -0.2) is 64.4 Å². The van der Waals surface area contributed by atoms with Gasteiger partial charge in [0.1, 0.15) is 11.0 Å². The predicted octanol–water partition coefficient (Wildman–Crippen LogP) is 12.2. The van der Waals surface area contributed by atoms with Crippen LogP contribution in [0.15, 0.2) is 167 Å². The number of benzene rings is 5. The predicted molar refractivity (Wildman–Crippen MR) is 323 cm³/mol. The number of aryl methyl sites for hydroxylation is 4. The van der Waals surface area contributed by atoms with Crippen LogP contribution in [0.25, 0.3) is 39.1 Å². The maximum Gasteiger partial charge on any atom is 0.252 e. The number of para-hydroxylation sites is 2. The number of nitrogens with zero attached hydrogens (tertiary/aromatic N) is 6. The summed E-state index contributed by atoms with van der Waals surface area (Å²) in [4.78, 5) is 50.0. The monoisotopic (exact) mass is 1050 g/mol. The lowest BCUT2D eigenvalue weighted by molar-refractivity contribution is -0.538. The molecule has 79 heavy (non-hydrogen) atoms. The Labute approximate surface area is 463 Å². The Morgan fingerprint density at radius 3 is 1.66 bits per heavy atom. The van der Waals surface area contributed by atoms with Crippen molar-refractivity contribution < 1.29 is 14.2 Å². The highest BCUT2D eigenvalue weighted by Gasteiger charge is 2.22. The Balaban J connectivity index is 0.661. The Bertz CT molecular complexity index is 3610. The molecule has 0 radical (unpaired) electrons. The van der Waals surface area contributed by atoms with Crippen molar-refractivity contribution in [2.24, 2.45) is 9.98 Å². The van der Waals surface area contributed by atoms with Crippen molar-refractivity contribution in [3.8, 4) is 17.1 Å². The number of pyridine rings is 2. The molecule has 9 rings (SSSR count). The van der Waals surface area contributed by atoms with Crippen LogP contribution >= 0.6 is 0 Å². The number of anilines is 3. The van der Waals surface area contributed by atoms with Gasteiger partial charge in [0.2, 0.25) is 16.7 Å². The van der Waals surface area contributed by atoms with Gasteiger partial charge < -0.3 is 32.7 Å². The zero-order chi connectivity index (χ0) is 55.3. The fourth-order valence-electron chi connectivity index (χ4n) is 9.61. The molecule has 0 fully saturated rings. The highest BCUT2D eigenvalue weighted by Crippen LogP contribution is 2.29. The van der Waals surface area contributed by atoms with Gasteiger partial charge in [-0.05, 0) is 161 Å². The first-order valence-corrected chi connectivity index (χ1v) is 27.5. The van der Waals surface area contributed by atoms with Crippen molar-refractivity contribution in [3.05, 3.63) is 191 Å². The minimum atomic E-state index is -0.163. The van der Waals surface area contributed by atoms with E-state index in [1.807, 2.05) is 87.5 Å². The van der Waals surface area contributed by atoms with Crippen LogP contribution in [-0.2, 0) is 0 Å². The number of nitrogens with one attached hydrogen (secondary N) is 4. The maximum absolute atomic E-state index is 13.0. The number of carbonyl (C=O) groups excluding carboxylic acids is 2. The van der Waals surface area contributed by atoms with E-state index < -0.39 is 0 Å². The van der Waals surface area contributed by atoms with Crippen LogP contribution in [0.3, 0.4) is 0 Å². The number of nitrogen functional groups attached to an aromatic ring is 2. The number of rotatable bonds is 22. The van der Waals surface area contributed by atoms with Crippen LogP contribution in [0.4, 0.5) is 28.4 Å². The van der Waals surface area contributed by atoms with E-state index in [2.05, 4.69) is 92.1 Å². The zero-order valence-electron chi connectivity index (χ0n) is 46.0. The minimum Gasteiger partial charge on any atom is -0.399 e. The lowest BCUT2D eigenvalue weighted by Gasteiger charge is -2.18. The van der Waals surface area contributed by atoms with E-state index in [0.29, 0.717) is 35.6 Å². The molecule has 1 aliphatic rings. The SMILES string of the molecule is CC1=CC(=N/c2cc(C)c(N)cc2C)/C(=N/c2ccccc2)C=C1NCCCCCCNC(=O)c1ccc(-c2ccc(C(=O)NCCCCCCNc3cc4c(cc3C)nc3cc(C)c(N)cc3[n+]4-c3ccccc3)cn2)nc1. The summed E-state index contributed by atoms with van der Waals surface area (Å²) in [5, 5.41) is 13.4. The standard InChI is InChI=1S/C65H70N12O2/c1-42-33-57(44(3)32-51(42)66)75-58-35-45(4)55(38-59(58)74-49-20-12-10-13-21-49)68-28-16-6-8-18-30-70-64(78)47-24-26-53(72-40-47)54-27-25-48(41-73-54)65(79)71-31-19-9-7-17-29-69-56-39-63-61(36-46(56)5)76-60-34-43(2)52(67)37-62(60)77(63)50-22-14-11-15-23-50/h10-15,20-27,32-41H,6-9,16-19,28-31H2,1-5H3,(H7,66,67,68,69,70,71,74,78,79)/p+1. The minimum absolute atomic E-state index is 0.160. The van der Waals surface area contributed by atoms with Crippen LogP contribution in [0.2, 0.25) is 0 Å². The van der Waals surface area contributed by atoms with E-state index in [9.17, 15) is 9.59 Å². The average Bonchev–Trinajstić information content (AvgIpc) is 3.63. The van der Waals surface area contributed by atoms with Gasteiger partial charge in [-0.15, -0.1) is 4.57 Å². The zero-order valence-corrected chi connectivity index (χ0v) is 46.0. The van der Waals surface area contributed by atoms with Gasteiger partial charge in [0, 0.05) is 85.6 Å². The normalized spacial score (nSPS) is 13.4. The summed E-state index contributed by atoms with van der Waals surface area (Å²) < 4.78 is 2.24. The fraction of sp³-hybridized carbons (Fsp3) is 0.262. The molecule has 0 spiro atoms. The third kappa shape index (κ3) is 13.9. The average molecular weight is 1050 g/mol. The number of amides is 2. The number of hydrogen-bond acceptors (Lipinski definition) is 11. The molecule has 402 valence electrons. The molecular formula is C65H71N12O2+. The molecule has 0 saturated heterocycles. The van der Waals surface area contributed by atoms with Crippen LogP contribution in [0.1, 0.15) is 101 Å². The van der Waals surface area contributed by atoms with Gasteiger partial charge in [0.15, 0.2) is 0 Å². The summed E-state index contributed by atoms with van der Waals surface area (Å²) in [5.74, 6) is -0.324. The molecule has 3 heterocycles. The number of aliphatic imine (C=N–C) groups is 2. The number of nitrogens with two attached hydrogens (primary N) is 2. The van der Waals surface area contributed by atoms with Gasteiger partial charge in [0.05, 0.1) is 45.3 Å². The quantitative estimate of drug-likeness (QED) is 0.0126. The van der Waals surface area contributed by atoms with Crippen molar-refractivity contribution in [3.63, 3.8) is 0 Å². The second-order valence-electron chi connectivity index (χ2n) is 20.4. The van der Waals surface area contributed by atoms with E-state index in [-0.39, 0.29) is 11.8 Å². The van der Waals surface area contributed by atoms with Gasteiger partial charge in [-0.1, -0.05) is 62.1 Å². The molecule has 0 bridgehead atoms. The molecule has 0 aliphatic heterocycles. The van der Waals surface area contributed by atoms with E-state index in [1.165, 1.54) is 0 Å². The lowest BCUT2D eigenvalue weighted by atomic mass is 10.00. The molecule has 14 heteroatoms. The van der Waals surface area contributed by atoms with Crippen molar-refractivity contribution >= 4 is 73.7 Å². The molecule has 1 aliphatic carbocycles. The fourth-order valence-corrected chi connectivity index (χ4v) is 9.61. The van der Waals surface area contributed by atoms with Gasteiger partial charge in [0.25, 0.3) is 11.8 Å². The molecule has 2 amide bonds. The molecule has 0 atom stereocenters. The summed E-state index contributed by atoms with van der Waals surface area (Å²) in [6.07, 6.45) is 15.1. The third-order valence-electron chi connectivity index (χ3n) is 14.3. The van der Waals surface area contributed by atoms with Gasteiger partial charge in [-0.25, -0.2) is 15.0 Å². The number of fused-ring (bicyclic) bond motifs is 2. The second kappa shape index (κ2) is 25.9. The van der Waals surface area contributed by atoms with Crippen LogP contribution in [0, 0.1) is 27.7 Å². The van der Waals surface area contributed by atoms with Gasteiger partial charge >= 0.3 is 0 Å². The number of allylic oxidation sites excluding steroid dienone is 3. The Hall–Kier alpha value is -9.04. The van der Waals surface area contributed by atoms with Crippen molar-refractivity contribution in [1.82, 2.24) is 30.9 Å². The summed E-state index contributed by atoms with van der Waals surface area (Å²) in [5.41, 5.74) is 31.8. The maximum atomic E-state index is 13.0. The highest BCUT2D eigenvalue weighted by molar-refractivity contribution is 6.52. The molecule has 0 saturated carbocycles. The van der Waals surface area contributed by atoms with Crippen LogP contribution < -0.4 is 37.3 Å². The van der Waals surface area contributed by atoms with Crippen molar-refractivity contribution in [2.75, 3.05) is 43.0 Å². The first kappa shape index (κ1) is 54.7. The molecule has 8 N–H and O–H groups in total. The molecular weight excluding hydrogens is 981 g/mol. The van der Waals surface area contributed by atoms with E-state index in [1.54, 1.807) is 36.7 Å². The third-order valence-corrected chi connectivity index (χ3v) is 14.3.